The lowest BCUT2D eigenvalue weighted by Crippen LogP contribution is -2.47. The Hall–Kier alpha value is -4.05. The SMILES string of the molecule is COc1ccc(C(=O)Nc2ccc(N3CCN(c4ccc(C#N)cn4)CC3)c(C)c2)cc1. The third-order valence-electron chi connectivity index (χ3n) is 5.63. The van der Waals surface area contributed by atoms with Crippen LogP contribution in [-0.4, -0.2) is 44.2 Å². The summed E-state index contributed by atoms with van der Waals surface area (Å²) in [6.07, 6.45) is 1.62. The highest BCUT2D eigenvalue weighted by atomic mass is 16.5. The van der Waals surface area contributed by atoms with E-state index in [9.17, 15) is 4.79 Å². The highest BCUT2D eigenvalue weighted by Crippen LogP contribution is 2.26. The predicted molar refractivity (Wildman–Crippen MR) is 126 cm³/mol. The van der Waals surface area contributed by atoms with Gasteiger partial charge in [0.05, 0.1) is 12.7 Å². The van der Waals surface area contributed by atoms with Crippen LogP contribution >= 0.6 is 0 Å². The summed E-state index contributed by atoms with van der Waals surface area (Å²) in [6, 6.07) is 18.9. The molecule has 0 saturated carbocycles. The van der Waals surface area contributed by atoms with Crippen LogP contribution in [0, 0.1) is 18.3 Å². The molecule has 0 atom stereocenters. The largest absolute Gasteiger partial charge is 0.497 e. The Morgan fingerprint density at radius 3 is 2.34 bits per heavy atom. The number of ether oxygens (including phenoxy) is 1. The number of piperazine rings is 1. The smallest absolute Gasteiger partial charge is 0.255 e. The second kappa shape index (κ2) is 9.40. The van der Waals surface area contributed by atoms with E-state index in [4.69, 9.17) is 10.00 Å². The number of aryl methyl sites for hydroxylation is 1. The molecule has 2 aromatic carbocycles. The molecule has 2 heterocycles. The Morgan fingerprint density at radius 1 is 1.03 bits per heavy atom. The number of nitrogens with zero attached hydrogens (tertiary/aromatic N) is 4. The number of benzene rings is 2. The van der Waals surface area contributed by atoms with Crippen LogP contribution in [0.4, 0.5) is 17.2 Å². The molecule has 1 fully saturated rings. The molecule has 0 bridgehead atoms. The van der Waals surface area contributed by atoms with Crippen molar-refractivity contribution in [2.75, 3.05) is 48.4 Å². The number of aromatic nitrogens is 1. The fourth-order valence-electron chi connectivity index (χ4n) is 3.85. The number of methoxy groups -OCH3 is 1. The minimum Gasteiger partial charge on any atom is -0.497 e. The van der Waals surface area contributed by atoms with Crippen molar-refractivity contribution >= 4 is 23.1 Å². The Bertz CT molecular complexity index is 1130. The standard InChI is InChI=1S/C25H25N5O2/c1-18-15-21(28-25(31)20-4-7-22(32-2)8-5-20)6-9-23(18)29-11-13-30(14-12-29)24-10-3-19(16-26)17-27-24/h3-10,15,17H,11-14H2,1-2H3,(H,28,31). The van der Waals surface area contributed by atoms with Gasteiger partial charge in [-0.1, -0.05) is 0 Å². The Morgan fingerprint density at radius 2 is 1.75 bits per heavy atom. The molecule has 7 nitrogen and oxygen atoms in total. The summed E-state index contributed by atoms with van der Waals surface area (Å²) in [6.45, 7) is 5.52. The number of carbonyl (C=O) groups is 1. The van der Waals surface area contributed by atoms with E-state index in [-0.39, 0.29) is 5.91 Å². The van der Waals surface area contributed by atoms with Gasteiger partial charge in [-0.05, 0) is 67.1 Å². The molecule has 3 aromatic rings. The average Bonchev–Trinajstić information content (AvgIpc) is 2.84. The van der Waals surface area contributed by atoms with Crippen molar-refractivity contribution in [3.8, 4) is 11.8 Å². The van der Waals surface area contributed by atoms with Crippen molar-refractivity contribution in [3.63, 3.8) is 0 Å². The van der Waals surface area contributed by atoms with Gasteiger partial charge in [-0.2, -0.15) is 5.26 Å². The van der Waals surface area contributed by atoms with Gasteiger partial charge >= 0.3 is 0 Å². The van der Waals surface area contributed by atoms with Crippen LogP contribution in [0.2, 0.25) is 0 Å². The third kappa shape index (κ3) is 4.65. The van der Waals surface area contributed by atoms with E-state index in [0.29, 0.717) is 11.1 Å². The number of nitrogens with one attached hydrogen (secondary N) is 1. The zero-order valence-corrected chi connectivity index (χ0v) is 18.2. The van der Waals surface area contributed by atoms with Crippen LogP contribution in [0.5, 0.6) is 5.75 Å². The first kappa shape index (κ1) is 21.2. The van der Waals surface area contributed by atoms with E-state index in [1.807, 2.05) is 18.2 Å². The van der Waals surface area contributed by atoms with Crippen molar-refractivity contribution in [1.82, 2.24) is 4.98 Å². The molecule has 7 heteroatoms. The molecule has 32 heavy (non-hydrogen) atoms. The zero-order valence-electron chi connectivity index (χ0n) is 18.2. The number of pyridine rings is 1. The zero-order chi connectivity index (χ0) is 22.5. The monoisotopic (exact) mass is 427 g/mol. The first-order valence-corrected chi connectivity index (χ1v) is 10.5. The molecule has 1 saturated heterocycles. The van der Waals surface area contributed by atoms with E-state index in [1.54, 1.807) is 43.6 Å². The van der Waals surface area contributed by atoms with Gasteiger partial charge in [-0.15, -0.1) is 0 Å². The number of anilines is 3. The van der Waals surface area contributed by atoms with Gasteiger partial charge in [0.25, 0.3) is 5.91 Å². The summed E-state index contributed by atoms with van der Waals surface area (Å²) in [5, 5.41) is 11.9. The van der Waals surface area contributed by atoms with Gasteiger partial charge in [-0.3, -0.25) is 4.79 Å². The number of carbonyl (C=O) groups excluding carboxylic acids is 1. The number of amides is 1. The van der Waals surface area contributed by atoms with Crippen LogP contribution < -0.4 is 19.9 Å². The van der Waals surface area contributed by atoms with Crippen LogP contribution in [0.1, 0.15) is 21.5 Å². The van der Waals surface area contributed by atoms with Crippen molar-refractivity contribution in [2.24, 2.45) is 0 Å². The van der Waals surface area contributed by atoms with Gasteiger partial charge < -0.3 is 19.9 Å². The maximum atomic E-state index is 12.5. The molecule has 1 aromatic heterocycles. The molecule has 1 amide bonds. The summed E-state index contributed by atoms with van der Waals surface area (Å²) in [5.41, 5.74) is 4.21. The number of nitriles is 1. The lowest BCUT2D eigenvalue weighted by atomic mass is 10.1. The summed E-state index contributed by atoms with van der Waals surface area (Å²) in [7, 11) is 1.60. The lowest BCUT2D eigenvalue weighted by molar-refractivity contribution is 0.102. The van der Waals surface area contributed by atoms with Gasteiger partial charge in [0, 0.05) is 49.3 Å². The molecule has 1 aliphatic rings. The second-order valence-electron chi connectivity index (χ2n) is 7.67. The fraction of sp³-hybridized carbons (Fsp3) is 0.240. The Kier molecular flexibility index (Phi) is 6.22. The molecular formula is C25H25N5O2. The molecule has 4 rings (SSSR count). The summed E-state index contributed by atoms with van der Waals surface area (Å²) in [4.78, 5) is 21.5. The summed E-state index contributed by atoms with van der Waals surface area (Å²) in [5.74, 6) is 1.47. The molecule has 162 valence electrons. The molecule has 1 aliphatic heterocycles. The lowest BCUT2D eigenvalue weighted by Gasteiger charge is -2.37. The van der Waals surface area contributed by atoms with Gasteiger partial charge in [0.15, 0.2) is 0 Å². The maximum absolute atomic E-state index is 12.5. The van der Waals surface area contributed by atoms with Crippen molar-refractivity contribution < 1.29 is 9.53 Å². The number of hydrogen-bond acceptors (Lipinski definition) is 6. The molecule has 1 N–H and O–H groups in total. The minimum absolute atomic E-state index is 0.150. The molecule has 0 unspecified atom stereocenters. The van der Waals surface area contributed by atoms with Crippen molar-refractivity contribution in [1.29, 1.82) is 5.26 Å². The highest BCUT2D eigenvalue weighted by molar-refractivity contribution is 6.04. The van der Waals surface area contributed by atoms with Gasteiger partial charge in [-0.25, -0.2) is 4.98 Å². The van der Waals surface area contributed by atoms with Crippen LogP contribution in [0.15, 0.2) is 60.8 Å². The highest BCUT2D eigenvalue weighted by Gasteiger charge is 2.20. The predicted octanol–water partition coefficient (Wildman–Crippen LogP) is 3.85. The Balaban J connectivity index is 1.38. The van der Waals surface area contributed by atoms with Crippen molar-refractivity contribution in [2.45, 2.75) is 6.92 Å². The van der Waals surface area contributed by atoms with E-state index < -0.39 is 0 Å². The quantitative estimate of drug-likeness (QED) is 0.666. The van der Waals surface area contributed by atoms with Crippen molar-refractivity contribution in [3.05, 3.63) is 77.5 Å². The summed E-state index contributed by atoms with van der Waals surface area (Å²) < 4.78 is 5.14. The second-order valence-corrected chi connectivity index (χ2v) is 7.67. The van der Waals surface area contributed by atoms with Crippen LogP contribution in [0.3, 0.4) is 0 Å². The average molecular weight is 428 g/mol. The van der Waals surface area contributed by atoms with Crippen LogP contribution in [-0.2, 0) is 0 Å². The van der Waals surface area contributed by atoms with E-state index in [2.05, 4.69) is 39.2 Å². The number of rotatable bonds is 5. The van der Waals surface area contributed by atoms with E-state index in [0.717, 1.165) is 49.0 Å². The fourth-order valence-corrected chi connectivity index (χ4v) is 3.85. The normalized spacial score (nSPS) is 13.4. The minimum atomic E-state index is -0.150. The maximum Gasteiger partial charge on any atom is 0.255 e. The van der Waals surface area contributed by atoms with E-state index in [1.165, 1.54) is 5.69 Å². The molecule has 0 radical (unpaired) electrons. The van der Waals surface area contributed by atoms with Gasteiger partial charge in [0.2, 0.25) is 0 Å². The molecular weight excluding hydrogens is 402 g/mol. The van der Waals surface area contributed by atoms with Crippen LogP contribution in [0.25, 0.3) is 0 Å². The first-order chi connectivity index (χ1) is 15.6. The number of hydrogen-bond donors (Lipinski definition) is 1. The Labute approximate surface area is 187 Å². The summed E-state index contributed by atoms with van der Waals surface area (Å²) >= 11 is 0. The first-order valence-electron chi connectivity index (χ1n) is 10.5. The third-order valence-corrected chi connectivity index (χ3v) is 5.63. The molecule has 0 aliphatic carbocycles. The van der Waals surface area contributed by atoms with Gasteiger partial charge in [0.1, 0.15) is 17.6 Å². The molecule has 0 spiro atoms. The van der Waals surface area contributed by atoms with E-state index >= 15 is 0 Å². The topological polar surface area (TPSA) is 81.5 Å².